The number of piperazine rings is 6. The molecule has 6 aliphatic heterocycles. The van der Waals surface area contributed by atoms with Gasteiger partial charge in [0.05, 0.1) is 45.9 Å². The van der Waals surface area contributed by atoms with Crippen LogP contribution in [0.4, 0.5) is 0 Å². The summed E-state index contributed by atoms with van der Waals surface area (Å²) in [7, 11) is 0. The third kappa shape index (κ3) is 5.99. The Morgan fingerprint density at radius 1 is 0.672 bits per heavy atom. The van der Waals surface area contributed by atoms with Gasteiger partial charge in [-0.15, -0.1) is 0 Å². The smallest absolute Gasteiger partial charge is 0.365 e. The first-order valence-electron chi connectivity index (χ1n) is 24.7. The average Bonchev–Trinajstić information content (AvgIpc) is 3.60. The molecule has 12 atom stereocenters. The van der Waals surface area contributed by atoms with Crippen LogP contribution in [-0.4, -0.2) is 134 Å². The van der Waals surface area contributed by atoms with E-state index in [-0.39, 0.29) is 57.2 Å². The van der Waals surface area contributed by atoms with Gasteiger partial charge < -0.3 is 18.4 Å². The molecule has 5 aliphatic carbocycles. The molecule has 6 heterocycles. The highest BCUT2D eigenvalue weighted by Crippen LogP contribution is 2.77. The minimum absolute atomic E-state index is 0.00265. The van der Waals surface area contributed by atoms with E-state index in [0.717, 1.165) is 107 Å². The van der Waals surface area contributed by atoms with Crippen molar-refractivity contribution in [1.29, 1.82) is 0 Å². The predicted molar refractivity (Wildman–Crippen MR) is 231 cm³/mol. The molecular formula is C50H84N4O4+2. The zero-order valence-corrected chi connectivity index (χ0v) is 38.4. The molecule has 11 rings (SSSR count). The summed E-state index contributed by atoms with van der Waals surface area (Å²) in [5, 5.41) is 0. The topological polar surface area (TPSA) is 59.1 Å². The van der Waals surface area contributed by atoms with Crippen LogP contribution < -0.4 is 0 Å². The van der Waals surface area contributed by atoms with Gasteiger partial charge in [-0.05, 0) is 117 Å². The van der Waals surface area contributed by atoms with Gasteiger partial charge in [0.15, 0.2) is 12.1 Å². The van der Waals surface area contributed by atoms with E-state index in [1.807, 2.05) is 0 Å². The van der Waals surface area contributed by atoms with Gasteiger partial charge in [0.2, 0.25) is 0 Å². The van der Waals surface area contributed by atoms with Crippen LogP contribution in [0.5, 0.6) is 0 Å². The van der Waals surface area contributed by atoms with Crippen LogP contribution in [0.1, 0.15) is 132 Å². The summed E-state index contributed by atoms with van der Waals surface area (Å²) >= 11 is 0. The van der Waals surface area contributed by atoms with Crippen molar-refractivity contribution in [2.24, 2.45) is 56.7 Å². The number of nitrogens with zero attached hydrogens (tertiary/aromatic N) is 4. The Hall–Kier alpha value is -1.48. The lowest BCUT2D eigenvalue weighted by Crippen LogP contribution is -2.72. The van der Waals surface area contributed by atoms with Crippen molar-refractivity contribution in [2.45, 2.75) is 151 Å². The summed E-state index contributed by atoms with van der Waals surface area (Å²) in [6.45, 7) is 38.4. The molecule has 0 aromatic heterocycles. The monoisotopic (exact) mass is 805 g/mol. The SMILES string of the molecule is C=C(C)C1CC[C@]2(COC(=O)C(CC)[N+]34CCN(CC3)CC4)CC[C@]3(C)C(CCC4[C@@]5(C)CC[C@H](OC(=O)C(CC)[N+]67CCN(CC6)CC7)C(C)(C)C5CC[C@]43C)C12. The third-order valence-corrected chi connectivity index (χ3v) is 21.7. The Balaban J connectivity index is 0.928. The van der Waals surface area contributed by atoms with Crippen LogP contribution in [-0.2, 0) is 19.1 Å². The quantitative estimate of drug-likeness (QED) is 0.127. The van der Waals surface area contributed by atoms with Crippen LogP contribution in [0.2, 0.25) is 0 Å². The van der Waals surface area contributed by atoms with Gasteiger partial charge >= 0.3 is 11.9 Å². The first-order chi connectivity index (χ1) is 27.5. The third-order valence-electron chi connectivity index (χ3n) is 21.7. The number of quaternary nitrogens is 2. The summed E-state index contributed by atoms with van der Waals surface area (Å²) < 4.78 is 15.4. The Bertz CT molecular complexity index is 1590. The number of carbonyl (C=O) groups excluding carboxylic acids is 2. The lowest BCUT2D eigenvalue weighted by Gasteiger charge is -2.73. The fourth-order valence-corrected chi connectivity index (χ4v) is 18.1. The van der Waals surface area contributed by atoms with E-state index in [0.29, 0.717) is 36.2 Å². The number of hydrogen-bond donors (Lipinski definition) is 0. The highest BCUT2D eigenvalue weighted by Gasteiger charge is 2.71. The molecule has 5 saturated carbocycles. The second-order valence-corrected chi connectivity index (χ2v) is 23.8. The van der Waals surface area contributed by atoms with Crippen molar-refractivity contribution in [3.8, 4) is 0 Å². The first-order valence-corrected chi connectivity index (χ1v) is 24.7. The lowest BCUT2D eigenvalue weighted by atomic mass is 9.32. The molecule has 0 radical (unpaired) electrons. The van der Waals surface area contributed by atoms with E-state index < -0.39 is 0 Å². The van der Waals surface area contributed by atoms with E-state index in [1.54, 1.807) is 0 Å². The lowest BCUT2D eigenvalue weighted by molar-refractivity contribution is -0.955. The molecule has 0 aromatic carbocycles. The Morgan fingerprint density at radius 3 is 1.79 bits per heavy atom. The maximum absolute atomic E-state index is 14.3. The maximum Gasteiger partial charge on any atom is 0.365 e. The first kappa shape index (κ1) is 41.9. The Kier molecular flexibility index (Phi) is 10.5. The van der Waals surface area contributed by atoms with Crippen LogP contribution in [0, 0.1) is 56.7 Å². The molecule has 11 aliphatic rings. The van der Waals surface area contributed by atoms with E-state index in [1.165, 1.54) is 63.4 Å². The summed E-state index contributed by atoms with van der Waals surface area (Å²) in [5.74, 6) is 3.09. The Morgan fingerprint density at radius 2 is 1.24 bits per heavy atom. The van der Waals surface area contributed by atoms with E-state index in [2.05, 4.69) is 71.8 Å². The van der Waals surface area contributed by atoms with Gasteiger partial charge in [0.25, 0.3) is 0 Å². The van der Waals surface area contributed by atoms with Crippen LogP contribution in [0.15, 0.2) is 12.2 Å². The number of ether oxygens (including phenoxy) is 2. The second kappa shape index (κ2) is 14.5. The zero-order chi connectivity index (χ0) is 41.1. The minimum atomic E-state index is -0.0496. The molecule has 8 heteroatoms. The number of fused-ring (bicyclic) bond motifs is 13. The molecule has 0 spiro atoms. The predicted octanol–water partition coefficient (Wildman–Crippen LogP) is 7.95. The highest BCUT2D eigenvalue weighted by atomic mass is 16.5. The minimum Gasteiger partial charge on any atom is -0.461 e. The Labute approximate surface area is 353 Å². The van der Waals surface area contributed by atoms with Crippen LogP contribution >= 0.6 is 0 Å². The van der Waals surface area contributed by atoms with Gasteiger partial charge in [0, 0.05) is 62.9 Å². The molecular weight excluding hydrogens is 721 g/mol. The number of esters is 2. The highest BCUT2D eigenvalue weighted by molar-refractivity contribution is 5.75. The number of carbonyl (C=O) groups is 2. The molecule has 6 saturated heterocycles. The van der Waals surface area contributed by atoms with Gasteiger partial charge in [0.1, 0.15) is 6.10 Å². The molecule has 7 unspecified atom stereocenters. The molecule has 326 valence electrons. The van der Waals surface area contributed by atoms with E-state index in [4.69, 9.17) is 9.47 Å². The van der Waals surface area contributed by atoms with Crippen molar-refractivity contribution in [3.05, 3.63) is 12.2 Å². The molecule has 0 amide bonds. The fourth-order valence-electron chi connectivity index (χ4n) is 18.1. The van der Waals surface area contributed by atoms with E-state index >= 15 is 0 Å². The number of rotatable bonds is 10. The normalized spacial score (nSPS) is 49.7. The summed E-state index contributed by atoms with van der Waals surface area (Å²) in [6.07, 6.45) is 13.8. The van der Waals surface area contributed by atoms with Crippen LogP contribution in [0.25, 0.3) is 0 Å². The second-order valence-electron chi connectivity index (χ2n) is 23.8. The van der Waals surface area contributed by atoms with Crippen molar-refractivity contribution >= 4 is 11.9 Å². The molecule has 0 aromatic rings. The molecule has 4 bridgehead atoms. The van der Waals surface area contributed by atoms with E-state index in [9.17, 15) is 9.59 Å². The fraction of sp³-hybridized carbons (Fsp3) is 0.920. The van der Waals surface area contributed by atoms with Crippen LogP contribution in [0.3, 0.4) is 0 Å². The maximum atomic E-state index is 14.3. The largest absolute Gasteiger partial charge is 0.461 e. The number of hydrogen-bond acceptors (Lipinski definition) is 6. The van der Waals surface area contributed by atoms with Crippen molar-refractivity contribution in [1.82, 2.24) is 9.80 Å². The summed E-state index contributed by atoms with van der Waals surface area (Å²) in [4.78, 5) is 33.7. The van der Waals surface area contributed by atoms with Crippen molar-refractivity contribution in [2.75, 3.05) is 85.1 Å². The molecule has 0 N–H and O–H groups in total. The molecule has 11 fully saturated rings. The van der Waals surface area contributed by atoms with Gasteiger partial charge in [-0.2, -0.15) is 0 Å². The molecule has 58 heavy (non-hydrogen) atoms. The van der Waals surface area contributed by atoms with Gasteiger partial charge in [-0.3, -0.25) is 9.80 Å². The standard InChI is InChI=1S/C50H84N4O4/c1-10-38(53-28-22-51(23-29-53)24-30-53)44(55)57-34-50-19-14-36(35(3)4)43(50)37-12-13-41-47(7)17-16-42(46(5,6)40(47)15-18-49(41,9)48(37,8)20-21-50)58-45(56)39(11-2)54-31-25-52(26-32-54)27-33-54/h36-43H,3,10-34H2,1-2,4-9H3/q+2/t36?,37?,38?,39?,40?,41?,42-,43?,47-,48+,49+,50+/m0/s1. The number of allylic oxidation sites excluding steroid dienone is 1. The summed E-state index contributed by atoms with van der Waals surface area (Å²) in [6, 6.07) is -0.0379. The zero-order valence-electron chi connectivity index (χ0n) is 38.4. The van der Waals surface area contributed by atoms with Gasteiger partial charge in [-0.25, -0.2) is 9.59 Å². The van der Waals surface area contributed by atoms with Gasteiger partial charge in [-0.1, -0.05) is 60.6 Å². The van der Waals surface area contributed by atoms with Crippen molar-refractivity contribution < 1.29 is 28.0 Å². The average molecular weight is 805 g/mol. The molecule has 8 nitrogen and oxygen atoms in total. The summed E-state index contributed by atoms with van der Waals surface area (Å²) in [5.41, 5.74) is 2.11. The van der Waals surface area contributed by atoms with Crippen molar-refractivity contribution in [3.63, 3.8) is 0 Å².